The van der Waals surface area contributed by atoms with Gasteiger partial charge in [-0.3, -0.25) is 14.9 Å². The van der Waals surface area contributed by atoms with E-state index in [2.05, 4.69) is 15.5 Å². The molecule has 0 atom stereocenters. The van der Waals surface area contributed by atoms with E-state index < -0.39 is 11.8 Å². The third-order valence-electron chi connectivity index (χ3n) is 3.43. The molecule has 0 unspecified atom stereocenters. The highest BCUT2D eigenvalue weighted by Crippen LogP contribution is 2.24. The van der Waals surface area contributed by atoms with Crippen molar-refractivity contribution in [1.29, 1.82) is 0 Å². The number of aromatic nitrogens is 2. The number of nitrogens with one attached hydrogen (secondary N) is 1. The van der Waals surface area contributed by atoms with E-state index in [9.17, 15) is 9.59 Å². The summed E-state index contributed by atoms with van der Waals surface area (Å²) in [5, 5.41) is 10.9. The van der Waals surface area contributed by atoms with E-state index >= 15 is 0 Å². The number of imide groups is 1. The van der Waals surface area contributed by atoms with Gasteiger partial charge in [-0.2, -0.15) is 0 Å². The summed E-state index contributed by atoms with van der Waals surface area (Å²) in [4.78, 5) is 24.2. The van der Waals surface area contributed by atoms with Gasteiger partial charge in [0.25, 0.3) is 11.1 Å². The Bertz CT molecular complexity index is 959. The van der Waals surface area contributed by atoms with Gasteiger partial charge in [0, 0.05) is 10.6 Å². The predicted octanol–water partition coefficient (Wildman–Crippen LogP) is 3.45. The van der Waals surface area contributed by atoms with E-state index in [1.54, 1.807) is 48.5 Å². The molecular weight excluding hydrogens is 390 g/mol. The van der Waals surface area contributed by atoms with E-state index in [1.165, 1.54) is 7.11 Å². The molecule has 3 aromatic rings. The molecule has 0 aliphatic carbocycles. The minimum Gasteiger partial charge on any atom is -0.496 e. The van der Waals surface area contributed by atoms with Gasteiger partial charge in [0.15, 0.2) is 0 Å². The lowest BCUT2D eigenvalue weighted by atomic mass is 10.2. The maximum absolute atomic E-state index is 12.2. The molecule has 0 saturated heterocycles. The van der Waals surface area contributed by atoms with Crippen molar-refractivity contribution in [1.82, 2.24) is 15.5 Å². The fourth-order valence-corrected chi connectivity index (χ4v) is 2.86. The Hall–Kier alpha value is -2.84. The lowest BCUT2D eigenvalue weighted by Crippen LogP contribution is -2.32. The minimum absolute atomic E-state index is 0.0524. The number of carbonyl (C=O) groups is 2. The summed E-state index contributed by atoms with van der Waals surface area (Å²) in [7, 11) is 1.46. The molecule has 1 aromatic heterocycles. The maximum atomic E-state index is 12.2. The number of hydrogen-bond donors (Lipinski definition) is 1. The molecule has 2 aromatic carbocycles. The first-order valence-corrected chi connectivity index (χ1v) is 9.12. The van der Waals surface area contributed by atoms with Gasteiger partial charge in [0.05, 0.1) is 18.4 Å². The molecule has 0 bridgehead atoms. The van der Waals surface area contributed by atoms with Gasteiger partial charge in [0.1, 0.15) is 5.75 Å². The number of para-hydroxylation sites is 1. The van der Waals surface area contributed by atoms with Gasteiger partial charge >= 0.3 is 0 Å². The molecule has 1 N–H and O–H groups in total. The number of amides is 2. The van der Waals surface area contributed by atoms with E-state index in [4.69, 9.17) is 20.8 Å². The highest BCUT2D eigenvalue weighted by Gasteiger charge is 2.16. The number of rotatable bonds is 6. The van der Waals surface area contributed by atoms with Crippen molar-refractivity contribution in [2.45, 2.75) is 5.22 Å². The third-order valence-corrected chi connectivity index (χ3v) is 4.50. The monoisotopic (exact) mass is 403 g/mol. The second-order valence-corrected chi connectivity index (χ2v) is 6.61. The molecule has 138 valence electrons. The number of carbonyl (C=O) groups excluding carboxylic acids is 2. The van der Waals surface area contributed by atoms with Crippen LogP contribution in [0.2, 0.25) is 5.02 Å². The Labute approximate surface area is 164 Å². The Morgan fingerprint density at radius 1 is 1.15 bits per heavy atom. The topological polar surface area (TPSA) is 94.3 Å². The normalized spacial score (nSPS) is 10.4. The second-order valence-electron chi connectivity index (χ2n) is 5.25. The Morgan fingerprint density at radius 2 is 1.89 bits per heavy atom. The van der Waals surface area contributed by atoms with E-state index in [0.717, 1.165) is 17.3 Å². The van der Waals surface area contributed by atoms with Crippen LogP contribution in [0.15, 0.2) is 58.2 Å². The van der Waals surface area contributed by atoms with Crippen LogP contribution in [-0.2, 0) is 4.79 Å². The van der Waals surface area contributed by atoms with Crippen molar-refractivity contribution in [3.63, 3.8) is 0 Å². The van der Waals surface area contributed by atoms with Crippen molar-refractivity contribution < 1.29 is 18.7 Å². The minimum atomic E-state index is -0.537. The molecule has 7 nitrogen and oxygen atoms in total. The summed E-state index contributed by atoms with van der Waals surface area (Å²) in [6.45, 7) is 0. The number of thioether (sulfide) groups is 1. The number of ether oxygens (including phenoxy) is 1. The zero-order valence-electron chi connectivity index (χ0n) is 14.1. The van der Waals surface area contributed by atoms with Gasteiger partial charge in [-0.15, -0.1) is 10.2 Å². The summed E-state index contributed by atoms with van der Waals surface area (Å²) in [6.07, 6.45) is 0. The quantitative estimate of drug-likeness (QED) is 0.630. The molecule has 0 aliphatic heterocycles. The van der Waals surface area contributed by atoms with Crippen molar-refractivity contribution in [3.05, 3.63) is 59.1 Å². The van der Waals surface area contributed by atoms with Crippen molar-refractivity contribution in [2.24, 2.45) is 0 Å². The molecule has 9 heteroatoms. The summed E-state index contributed by atoms with van der Waals surface area (Å²) in [5.41, 5.74) is 0.996. The Kier molecular flexibility index (Phi) is 6.10. The van der Waals surface area contributed by atoms with Crippen molar-refractivity contribution in [3.8, 4) is 17.2 Å². The molecule has 0 aliphatic rings. The molecule has 3 rings (SSSR count). The number of benzene rings is 2. The van der Waals surface area contributed by atoms with Crippen LogP contribution < -0.4 is 10.1 Å². The number of hydrogen-bond acceptors (Lipinski definition) is 7. The first kappa shape index (κ1) is 18.9. The van der Waals surface area contributed by atoms with Gasteiger partial charge in [-0.05, 0) is 36.4 Å². The second kappa shape index (κ2) is 8.70. The molecule has 2 amide bonds. The van der Waals surface area contributed by atoms with E-state index in [0.29, 0.717) is 16.7 Å². The number of nitrogens with zero attached hydrogens (tertiary/aromatic N) is 2. The van der Waals surface area contributed by atoms with Crippen LogP contribution in [0.25, 0.3) is 11.5 Å². The average Bonchev–Trinajstić information content (AvgIpc) is 3.16. The Balaban J connectivity index is 1.56. The molecule has 0 saturated carbocycles. The highest BCUT2D eigenvalue weighted by molar-refractivity contribution is 7.99. The van der Waals surface area contributed by atoms with Crippen LogP contribution in [0.1, 0.15) is 10.4 Å². The summed E-state index contributed by atoms with van der Waals surface area (Å²) in [5.74, 6) is -0.365. The van der Waals surface area contributed by atoms with E-state index in [1.807, 2.05) is 0 Å². The molecular formula is C18H14ClN3O4S. The van der Waals surface area contributed by atoms with Crippen LogP contribution in [-0.4, -0.2) is 34.9 Å². The maximum Gasteiger partial charge on any atom is 0.277 e. The SMILES string of the molecule is COc1ccccc1C(=O)NC(=O)CSc1nnc(-c2ccc(Cl)cc2)o1. The molecule has 1 heterocycles. The molecule has 27 heavy (non-hydrogen) atoms. The van der Waals surface area contributed by atoms with Crippen LogP contribution in [0.5, 0.6) is 5.75 Å². The zero-order chi connectivity index (χ0) is 19.2. The van der Waals surface area contributed by atoms with Crippen LogP contribution in [0.4, 0.5) is 0 Å². The first-order valence-electron chi connectivity index (χ1n) is 7.76. The van der Waals surface area contributed by atoms with Gasteiger partial charge in [-0.1, -0.05) is 35.5 Å². The number of methoxy groups -OCH3 is 1. The fraction of sp³-hybridized carbons (Fsp3) is 0.111. The standard InChI is InChI=1S/C18H14ClN3O4S/c1-25-14-5-3-2-4-13(14)16(24)20-15(23)10-27-18-22-21-17(26-18)11-6-8-12(19)9-7-11/h2-9H,10H2,1H3,(H,20,23,24). The smallest absolute Gasteiger partial charge is 0.277 e. The average molecular weight is 404 g/mol. The summed E-state index contributed by atoms with van der Waals surface area (Å²) < 4.78 is 10.6. The van der Waals surface area contributed by atoms with Crippen LogP contribution in [0.3, 0.4) is 0 Å². The lowest BCUT2D eigenvalue weighted by Gasteiger charge is -2.07. The third kappa shape index (κ3) is 4.87. The van der Waals surface area contributed by atoms with E-state index in [-0.39, 0.29) is 16.5 Å². The van der Waals surface area contributed by atoms with Crippen molar-refractivity contribution in [2.75, 3.05) is 12.9 Å². The molecule has 0 spiro atoms. The summed E-state index contributed by atoms with van der Waals surface area (Å²) in [6, 6.07) is 13.6. The predicted molar refractivity (Wildman–Crippen MR) is 101 cm³/mol. The van der Waals surface area contributed by atoms with Crippen molar-refractivity contribution >= 4 is 35.2 Å². The van der Waals surface area contributed by atoms with Crippen LogP contribution in [0, 0.1) is 0 Å². The number of halogens is 1. The van der Waals surface area contributed by atoms with Crippen LogP contribution >= 0.6 is 23.4 Å². The molecule has 0 radical (unpaired) electrons. The highest BCUT2D eigenvalue weighted by atomic mass is 35.5. The van der Waals surface area contributed by atoms with Gasteiger partial charge in [0.2, 0.25) is 11.8 Å². The zero-order valence-corrected chi connectivity index (χ0v) is 15.7. The first-order chi connectivity index (χ1) is 13.1. The van der Waals surface area contributed by atoms with Gasteiger partial charge < -0.3 is 9.15 Å². The Morgan fingerprint density at radius 3 is 2.63 bits per heavy atom. The molecule has 0 fully saturated rings. The lowest BCUT2D eigenvalue weighted by molar-refractivity contribution is -0.117. The van der Waals surface area contributed by atoms with Gasteiger partial charge in [-0.25, -0.2) is 0 Å². The largest absolute Gasteiger partial charge is 0.496 e. The fourth-order valence-electron chi connectivity index (χ4n) is 2.17. The summed E-state index contributed by atoms with van der Waals surface area (Å²) >= 11 is 6.88.